The van der Waals surface area contributed by atoms with Gasteiger partial charge in [0.15, 0.2) is 0 Å². The molecule has 2 rings (SSSR count). The number of carbonyl (C=O) groups is 1. The molecule has 18 heavy (non-hydrogen) atoms. The van der Waals surface area contributed by atoms with Crippen molar-refractivity contribution in [3.8, 4) is 10.6 Å². The molecule has 0 aliphatic carbocycles. The van der Waals surface area contributed by atoms with Gasteiger partial charge in [-0.1, -0.05) is 12.2 Å². The molecule has 94 valence electrons. The van der Waals surface area contributed by atoms with Gasteiger partial charge in [0.05, 0.1) is 12.1 Å². The molecule has 0 radical (unpaired) electrons. The highest BCUT2D eigenvalue weighted by molar-refractivity contribution is 7.14. The van der Waals surface area contributed by atoms with Gasteiger partial charge in [-0.05, 0) is 18.4 Å². The lowest BCUT2D eigenvalue weighted by Gasteiger charge is -1.98. The highest BCUT2D eigenvalue weighted by Gasteiger charge is 2.09. The number of nitrogens with zero attached hydrogens (tertiary/aromatic N) is 1. The van der Waals surface area contributed by atoms with Crippen LogP contribution in [0.2, 0.25) is 0 Å². The summed E-state index contributed by atoms with van der Waals surface area (Å²) in [5, 5.41) is 6.92. The van der Waals surface area contributed by atoms with E-state index in [-0.39, 0.29) is 12.4 Å². The molecule has 2 aromatic rings. The molecule has 0 fully saturated rings. The summed E-state index contributed by atoms with van der Waals surface area (Å²) < 4.78 is 5.03. The molecule has 0 bridgehead atoms. The minimum absolute atomic E-state index is 0.234. The Morgan fingerprint density at radius 2 is 2.39 bits per heavy atom. The summed E-state index contributed by atoms with van der Waals surface area (Å²) in [5.74, 6) is -0.240. The van der Waals surface area contributed by atoms with Crippen molar-refractivity contribution in [2.45, 2.75) is 13.3 Å². The Bertz CT molecular complexity index is 529. The number of esters is 1. The lowest BCUT2D eigenvalue weighted by Crippen LogP contribution is -2.08. The zero-order valence-electron chi connectivity index (χ0n) is 9.96. The summed E-state index contributed by atoms with van der Waals surface area (Å²) >= 11 is 3.19. The lowest BCUT2D eigenvalue weighted by atomic mass is 10.3. The van der Waals surface area contributed by atoms with Crippen LogP contribution in [0.25, 0.3) is 10.6 Å². The molecule has 0 N–H and O–H groups in total. The van der Waals surface area contributed by atoms with Crippen LogP contribution in [0.3, 0.4) is 0 Å². The Balaban J connectivity index is 1.92. The fourth-order valence-corrected chi connectivity index (χ4v) is 2.87. The van der Waals surface area contributed by atoms with Crippen LogP contribution in [-0.2, 0) is 16.0 Å². The number of thiazole rings is 1. The van der Waals surface area contributed by atoms with E-state index in [1.54, 1.807) is 28.7 Å². The monoisotopic (exact) mass is 279 g/mol. The second kappa shape index (κ2) is 6.47. The number of rotatable bonds is 5. The van der Waals surface area contributed by atoms with Gasteiger partial charge < -0.3 is 4.74 Å². The molecule has 0 aliphatic heterocycles. The summed E-state index contributed by atoms with van der Waals surface area (Å²) in [6.45, 7) is 2.22. The van der Waals surface area contributed by atoms with Crippen molar-refractivity contribution in [1.29, 1.82) is 0 Å². The van der Waals surface area contributed by atoms with E-state index in [9.17, 15) is 4.79 Å². The minimum atomic E-state index is -0.240. The Morgan fingerprint density at radius 3 is 3.11 bits per heavy atom. The van der Waals surface area contributed by atoms with Crippen molar-refractivity contribution >= 4 is 28.6 Å². The van der Waals surface area contributed by atoms with Gasteiger partial charge in [-0.15, -0.1) is 11.3 Å². The van der Waals surface area contributed by atoms with Crippen LogP contribution in [0, 0.1) is 0 Å². The first kappa shape index (κ1) is 13.0. The molecular formula is C13H13NO2S2. The topological polar surface area (TPSA) is 39.2 Å². The molecule has 2 heterocycles. The molecule has 5 heteroatoms. The van der Waals surface area contributed by atoms with Gasteiger partial charge in [0.25, 0.3) is 0 Å². The van der Waals surface area contributed by atoms with Crippen molar-refractivity contribution < 1.29 is 9.53 Å². The normalized spacial score (nSPS) is 10.9. The van der Waals surface area contributed by atoms with E-state index in [1.165, 1.54) is 0 Å². The average Bonchev–Trinajstić information content (AvgIpc) is 2.98. The van der Waals surface area contributed by atoms with Crippen LogP contribution in [0.5, 0.6) is 0 Å². The van der Waals surface area contributed by atoms with Crippen LogP contribution < -0.4 is 0 Å². The number of ether oxygens (including phenoxy) is 1. The standard InChI is InChI=1S/C13H13NO2S2/c1-2-3-5-16-12(15)7-11-9-18-13(14-11)10-4-6-17-8-10/h2-4,6,8-9H,5,7H2,1H3/b3-2+. The second-order valence-electron chi connectivity index (χ2n) is 3.58. The van der Waals surface area contributed by atoms with E-state index in [0.29, 0.717) is 6.61 Å². The van der Waals surface area contributed by atoms with Crippen molar-refractivity contribution in [1.82, 2.24) is 4.98 Å². The van der Waals surface area contributed by atoms with Crippen LogP contribution in [-0.4, -0.2) is 17.6 Å². The minimum Gasteiger partial charge on any atom is -0.461 e. The van der Waals surface area contributed by atoms with Crippen molar-refractivity contribution in [3.05, 3.63) is 40.1 Å². The van der Waals surface area contributed by atoms with Crippen LogP contribution >= 0.6 is 22.7 Å². The third-order valence-electron chi connectivity index (χ3n) is 2.22. The molecule has 3 nitrogen and oxygen atoms in total. The van der Waals surface area contributed by atoms with E-state index in [0.717, 1.165) is 16.3 Å². The largest absolute Gasteiger partial charge is 0.461 e. The van der Waals surface area contributed by atoms with E-state index < -0.39 is 0 Å². The first-order valence-electron chi connectivity index (χ1n) is 5.53. The van der Waals surface area contributed by atoms with E-state index in [4.69, 9.17) is 4.74 Å². The third kappa shape index (κ3) is 3.51. The second-order valence-corrected chi connectivity index (χ2v) is 5.22. The van der Waals surface area contributed by atoms with Gasteiger partial charge in [0, 0.05) is 16.3 Å². The SMILES string of the molecule is C/C=C/COC(=O)Cc1csc(-c2ccsc2)n1. The molecular weight excluding hydrogens is 266 g/mol. The third-order valence-corrected chi connectivity index (χ3v) is 3.84. The summed E-state index contributed by atoms with van der Waals surface area (Å²) in [4.78, 5) is 15.9. The van der Waals surface area contributed by atoms with Gasteiger partial charge in [0.1, 0.15) is 11.6 Å². The first-order chi connectivity index (χ1) is 8.79. The van der Waals surface area contributed by atoms with Crippen molar-refractivity contribution in [2.24, 2.45) is 0 Å². The number of hydrogen-bond acceptors (Lipinski definition) is 5. The summed E-state index contributed by atoms with van der Waals surface area (Å²) in [7, 11) is 0. The maximum Gasteiger partial charge on any atom is 0.312 e. The molecule has 0 saturated carbocycles. The molecule has 0 saturated heterocycles. The predicted octanol–water partition coefficient (Wildman–Crippen LogP) is 3.53. The molecule has 0 aromatic carbocycles. The predicted molar refractivity (Wildman–Crippen MR) is 74.9 cm³/mol. The maximum atomic E-state index is 11.5. The fourth-order valence-electron chi connectivity index (χ4n) is 1.34. The Hall–Kier alpha value is -1.46. The number of carbonyl (C=O) groups excluding carboxylic acids is 1. The van der Waals surface area contributed by atoms with Gasteiger partial charge in [-0.2, -0.15) is 11.3 Å². The highest BCUT2D eigenvalue weighted by Crippen LogP contribution is 2.25. The fraction of sp³-hybridized carbons (Fsp3) is 0.231. The molecule has 0 amide bonds. The van der Waals surface area contributed by atoms with Gasteiger partial charge in [0.2, 0.25) is 0 Å². The molecule has 0 unspecified atom stereocenters. The van der Waals surface area contributed by atoms with Gasteiger partial charge in [-0.25, -0.2) is 4.98 Å². The number of thiophene rings is 1. The molecule has 2 aromatic heterocycles. The average molecular weight is 279 g/mol. The molecule has 0 aliphatic rings. The number of aromatic nitrogens is 1. The zero-order valence-corrected chi connectivity index (χ0v) is 11.6. The summed E-state index contributed by atoms with van der Waals surface area (Å²) in [6.07, 6.45) is 3.89. The smallest absolute Gasteiger partial charge is 0.312 e. The first-order valence-corrected chi connectivity index (χ1v) is 7.35. The van der Waals surface area contributed by atoms with Gasteiger partial charge >= 0.3 is 5.97 Å². The van der Waals surface area contributed by atoms with E-state index >= 15 is 0 Å². The summed E-state index contributed by atoms with van der Waals surface area (Å²) in [5.41, 5.74) is 1.88. The Morgan fingerprint density at radius 1 is 1.50 bits per heavy atom. The molecule has 0 atom stereocenters. The van der Waals surface area contributed by atoms with Crippen LogP contribution in [0.1, 0.15) is 12.6 Å². The van der Waals surface area contributed by atoms with Crippen molar-refractivity contribution in [2.75, 3.05) is 6.61 Å². The Kier molecular flexibility index (Phi) is 4.66. The number of hydrogen-bond donors (Lipinski definition) is 0. The lowest BCUT2D eigenvalue weighted by molar-refractivity contribution is -0.141. The maximum absolute atomic E-state index is 11.5. The Labute approximate surface area is 114 Å². The van der Waals surface area contributed by atoms with Crippen LogP contribution in [0.15, 0.2) is 34.4 Å². The van der Waals surface area contributed by atoms with E-state index in [2.05, 4.69) is 4.98 Å². The van der Waals surface area contributed by atoms with E-state index in [1.807, 2.05) is 35.2 Å². The van der Waals surface area contributed by atoms with Crippen LogP contribution in [0.4, 0.5) is 0 Å². The quantitative estimate of drug-likeness (QED) is 0.621. The molecule has 0 spiro atoms. The number of allylic oxidation sites excluding steroid dienone is 1. The highest BCUT2D eigenvalue weighted by atomic mass is 32.1. The summed E-state index contributed by atoms with van der Waals surface area (Å²) in [6, 6.07) is 2.03. The van der Waals surface area contributed by atoms with Gasteiger partial charge in [-0.3, -0.25) is 4.79 Å². The van der Waals surface area contributed by atoms with Crippen molar-refractivity contribution in [3.63, 3.8) is 0 Å². The zero-order chi connectivity index (χ0) is 12.8.